The minimum absolute atomic E-state index is 0.226. The van der Waals surface area contributed by atoms with Crippen LogP contribution in [0.25, 0.3) is 10.3 Å². The van der Waals surface area contributed by atoms with Crippen molar-refractivity contribution in [3.63, 3.8) is 0 Å². The number of methoxy groups -OCH3 is 1. The van der Waals surface area contributed by atoms with Gasteiger partial charge in [-0.3, -0.25) is 5.32 Å². The smallest absolute Gasteiger partial charge is 0.430 e. The SMILES string of the molecule is COc1ccc(NC(=O)ON2CCN(c3nc(N)nc4scnc34)CC2)cc1. The number of ether oxygens (including phenoxy) is 1. The third kappa shape index (κ3) is 3.89. The highest BCUT2D eigenvalue weighted by atomic mass is 32.1. The van der Waals surface area contributed by atoms with E-state index in [-0.39, 0.29) is 5.95 Å². The van der Waals surface area contributed by atoms with Crippen LogP contribution >= 0.6 is 11.3 Å². The molecule has 0 atom stereocenters. The van der Waals surface area contributed by atoms with E-state index < -0.39 is 6.09 Å². The van der Waals surface area contributed by atoms with Crippen molar-refractivity contribution in [2.24, 2.45) is 0 Å². The van der Waals surface area contributed by atoms with Crippen LogP contribution in [0.15, 0.2) is 29.8 Å². The molecule has 0 spiro atoms. The Balaban J connectivity index is 1.33. The van der Waals surface area contributed by atoms with Gasteiger partial charge in [0, 0.05) is 18.8 Å². The molecule has 11 heteroatoms. The maximum absolute atomic E-state index is 12.1. The number of piperazine rings is 1. The standard InChI is InChI=1S/C17H19N7O3S/c1-26-12-4-2-11(3-5-12)20-17(25)27-24-8-6-23(7-9-24)14-13-15(28-10-19-13)22-16(18)21-14/h2-5,10H,6-9H2,1H3,(H,20,25)(H2,18,21,22). The number of rotatable bonds is 4. The molecule has 146 valence electrons. The third-order valence-electron chi connectivity index (χ3n) is 4.28. The predicted octanol–water partition coefficient (Wildman–Crippen LogP) is 1.96. The van der Waals surface area contributed by atoms with Crippen LogP contribution in [0.4, 0.5) is 22.2 Å². The van der Waals surface area contributed by atoms with Crippen LogP contribution in [-0.4, -0.2) is 59.4 Å². The van der Waals surface area contributed by atoms with Crippen molar-refractivity contribution in [2.45, 2.75) is 0 Å². The molecule has 0 bridgehead atoms. The van der Waals surface area contributed by atoms with Gasteiger partial charge in [0.15, 0.2) is 10.6 Å². The molecule has 1 aliphatic heterocycles. The minimum Gasteiger partial charge on any atom is -0.497 e. The van der Waals surface area contributed by atoms with Crippen molar-refractivity contribution in [1.82, 2.24) is 20.0 Å². The van der Waals surface area contributed by atoms with Crippen LogP contribution in [0.3, 0.4) is 0 Å². The van der Waals surface area contributed by atoms with E-state index >= 15 is 0 Å². The number of fused-ring (bicyclic) bond motifs is 1. The Bertz CT molecular complexity index is 971. The van der Waals surface area contributed by atoms with E-state index in [1.165, 1.54) is 11.3 Å². The summed E-state index contributed by atoms with van der Waals surface area (Å²) in [6.07, 6.45) is -0.535. The van der Waals surface area contributed by atoms with E-state index in [4.69, 9.17) is 15.3 Å². The number of nitrogens with zero attached hydrogens (tertiary/aromatic N) is 5. The molecule has 1 aliphatic rings. The highest BCUT2D eigenvalue weighted by molar-refractivity contribution is 7.16. The van der Waals surface area contributed by atoms with Crippen LogP contribution in [0.1, 0.15) is 0 Å². The second-order valence-electron chi connectivity index (χ2n) is 6.06. The lowest BCUT2D eigenvalue weighted by atomic mass is 10.3. The molecule has 3 aromatic rings. The molecular formula is C17H19N7O3S. The molecular weight excluding hydrogens is 382 g/mol. The van der Waals surface area contributed by atoms with Gasteiger partial charge in [-0.15, -0.1) is 16.4 Å². The van der Waals surface area contributed by atoms with Gasteiger partial charge in [0.1, 0.15) is 11.3 Å². The lowest BCUT2D eigenvalue weighted by Crippen LogP contribution is -2.47. The van der Waals surface area contributed by atoms with Gasteiger partial charge in [0.25, 0.3) is 0 Å². The number of hydrogen-bond acceptors (Lipinski definition) is 10. The number of nitrogens with one attached hydrogen (secondary N) is 1. The lowest BCUT2D eigenvalue weighted by molar-refractivity contribution is -0.0966. The van der Waals surface area contributed by atoms with E-state index in [0.29, 0.717) is 37.7 Å². The Hall–Kier alpha value is -3.18. The van der Waals surface area contributed by atoms with Crippen molar-refractivity contribution in [1.29, 1.82) is 0 Å². The molecule has 28 heavy (non-hydrogen) atoms. The number of thiazole rings is 1. The van der Waals surface area contributed by atoms with Crippen molar-refractivity contribution < 1.29 is 14.4 Å². The van der Waals surface area contributed by atoms with Gasteiger partial charge < -0.3 is 20.2 Å². The van der Waals surface area contributed by atoms with Gasteiger partial charge in [0.05, 0.1) is 25.7 Å². The summed E-state index contributed by atoms with van der Waals surface area (Å²) < 4.78 is 5.09. The van der Waals surface area contributed by atoms with Gasteiger partial charge >= 0.3 is 6.09 Å². The first kappa shape index (κ1) is 18.2. The van der Waals surface area contributed by atoms with Crippen LogP contribution in [0, 0.1) is 0 Å². The van der Waals surface area contributed by atoms with Crippen LogP contribution in [-0.2, 0) is 4.84 Å². The molecule has 1 saturated heterocycles. The number of hydroxylamine groups is 2. The maximum atomic E-state index is 12.1. The van der Waals surface area contributed by atoms with E-state index in [9.17, 15) is 4.79 Å². The normalized spacial score (nSPS) is 14.8. The number of nitrogens with two attached hydrogens (primary N) is 1. The first-order chi connectivity index (χ1) is 13.6. The lowest BCUT2D eigenvalue weighted by Gasteiger charge is -2.33. The number of nitrogen functional groups attached to an aromatic ring is 1. The van der Waals surface area contributed by atoms with Crippen molar-refractivity contribution in [3.05, 3.63) is 29.8 Å². The number of aromatic nitrogens is 3. The molecule has 0 saturated carbocycles. The Morgan fingerprint density at radius 3 is 2.64 bits per heavy atom. The topological polar surface area (TPSA) is 119 Å². The van der Waals surface area contributed by atoms with E-state index in [1.54, 1.807) is 41.9 Å². The second-order valence-corrected chi connectivity index (χ2v) is 6.89. The van der Waals surface area contributed by atoms with Gasteiger partial charge in [-0.1, -0.05) is 0 Å². The van der Waals surface area contributed by atoms with Gasteiger partial charge in [0.2, 0.25) is 5.95 Å². The van der Waals surface area contributed by atoms with E-state index in [1.807, 2.05) is 0 Å². The summed E-state index contributed by atoms with van der Waals surface area (Å²) in [6.45, 7) is 2.31. The van der Waals surface area contributed by atoms with E-state index in [2.05, 4.69) is 25.2 Å². The van der Waals surface area contributed by atoms with Crippen LogP contribution in [0.2, 0.25) is 0 Å². The molecule has 1 fully saturated rings. The average molecular weight is 401 g/mol. The zero-order valence-electron chi connectivity index (χ0n) is 15.2. The Labute approximate surface area is 164 Å². The first-order valence-electron chi connectivity index (χ1n) is 8.62. The summed E-state index contributed by atoms with van der Waals surface area (Å²) in [5.41, 5.74) is 8.91. The molecule has 10 nitrogen and oxygen atoms in total. The first-order valence-corrected chi connectivity index (χ1v) is 9.50. The number of carbonyl (C=O) groups excluding carboxylic acids is 1. The number of anilines is 3. The van der Waals surface area contributed by atoms with Gasteiger partial charge in [-0.2, -0.15) is 4.98 Å². The molecule has 1 aromatic carbocycles. The highest BCUT2D eigenvalue weighted by Gasteiger charge is 2.24. The quantitative estimate of drug-likeness (QED) is 0.676. The van der Waals surface area contributed by atoms with Crippen LogP contribution in [0.5, 0.6) is 5.75 Å². The monoisotopic (exact) mass is 401 g/mol. The summed E-state index contributed by atoms with van der Waals surface area (Å²) in [5.74, 6) is 1.66. The molecule has 4 rings (SSSR count). The average Bonchev–Trinajstić information content (AvgIpc) is 3.17. The highest BCUT2D eigenvalue weighted by Crippen LogP contribution is 2.26. The van der Waals surface area contributed by atoms with Gasteiger partial charge in [-0.05, 0) is 24.3 Å². The molecule has 0 aliphatic carbocycles. The fourth-order valence-corrected chi connectivity index (χ4v) is 3.57. The Kier molecular flexibility index (Phi) is 5.08. The summed E-state index contributed by atoms with van der Waals surface area (Å²) in [5, 5.41) is 4.32. The number of benzene rings is 1. The van der Waals surface area contributed by atoms with E-state index in [0.717, 1.165) is 16.1 Å². The zero-order chi connectivity index (χ0) is 19.5. The zero-order valence-corrected chi connectivity index (χ0v) is 16.0. The van der Waals surface area contributed by atoms with Crippen molar-refractivity contribution >= 4 is 45.2 Å². The van der Waals surface area contributed by atoms with Crippen molar-refractivity contribution in [3.8, 4) is 5.75 Å². The summed E-state index contributed by atoms with van der Waals surface area (Å²) in [4.78, 5) is 33.2. The molecule has 2 aromatic heterocycles. The number of hydrogen-bond donors (Lipinski definition) is 2. The largest absolute Gasteiger partial charge is 0.497 e. The number of carbonyl (C=O) groups is 1. The Morgan fingerprint density at radius 2 is 1.93 bits per heavy atom. The summed E-state index contributed by atoms with van der Waals surface area (Å²) in [7, 11) is 1.59. The summed E-state index contributed by atoms with van der Waals surface area (Å²) >= 11 is 1.43. The molecule has 0 radical (unpaired) electrons. The van der Waals surface area contributed by atoms with Crippen LogP contribution < -0.4 is 20.7 Å². The summed E-state index contributed by atoms with van der Waals surface area (Å²) in [6, 6.07) is 7.02. The molecule has 3 heterocycles. The molecule has 3 N–H and O–H groups in total. The number of amides is 1. The molecule has 0 unspecified atom stereocenters. The fourth-order valence-electron chi connectivity index (χ4n) is 2.91. The Morgan fingerprint density at radius 1 is 1.18 bits per heavy atom. The minimum atomic E-state index is -0.535. The predicted molar refractivity (Wildman–Crippen MR) is 107 cm³/mol. The van der Waals surface area contributed by atoms with Gasteiger partial charge in [-0.25, -0.2) is 14.8 Å². The maximum Gasteiger partial charge on any atom is 0.430 e. The third-order valence-corrected chi connectivity index (χ3v) is 5.00. The van der Waals surface area contributed by atoms with Crippen molar-refractivity contribution in [2.75, 3.05) is 49.2 Å². The second kappa shape index (κ2) is 7.82. The fraction of sp³-hybridized carbons (Fsp3) is 0.294. The molecule has 1 amide bonds.